The van der Waals surface area contributed by atoms with Gasteiger partial charge in [0.2, 0.25) is 11.8 Å². The molecule has 2 aliphatic rings. The number of benzene rings is 2. The Morgan fingerprint density at radius 3 is 2.36 bits per heavy atom. The number of para-hydroxylation sites is 1. The molecule has 11 heteroatoms. The van der Waals surface area contributed by atoms with Crippen molar-refractivity contribution in [2.45, 2.75) is 51.6 Å². The van der Waals surface area contributed by atoms with Crippen molar-refractivity contribution in [1.82, 2.24) is 24.6 Å². The van der Waals surface area contributed by atoms with Crippen molar-refractivity contribution in [1.29, 1.82) is 0 Å². The molecule has 2 fully saturated rings. The Morgan fingerprint density at radius 2 is 1.73 bits per heavy atom. The SMILES string of the molecule is CNC(=O)c1cc(C(C)(C)C)cc(NC(=O)Oc2cc3cccc(CN4CCN(C(=O)[C@@H]5CCCN5C)CC4)c3n2C)c1OC. The summed E-state index contributed by atoms with van der Waals surface area (Å²) in [6.45, 7) is 10.9. The molecule has 2 saturated heterocycles. The number of nitrogens with zero attached hydrogens (tertiary/aromatic N) is 4. The van der Waals surface area contributed by atoms with E-state index in [9.17, 15) is 14.4 Å². The molecule has 242 valence electrons. The monoisotopic (exact) mass is 618 g/mol. The van der Waals surface area contributed by atoms with Crippen LogP contribution in [0.2, 0.25) is 0 Å². The number of anilines is 1. The van der Waals surface area contributed by atoms with Crippen LogP contribution in [0.4, 0.5) is 10.5 Å². The van der Waals surface area contributed by atoms with Crippen molar-refractivity contribution in [3.63, 3.8) is 0 Å². The number of aromatic nitrogens is 1. The molecule has 2 N–H and O–H groups in total. The van der Waals surface area contributed by atoms with Gasteiger partial charge >= 0.3 is 6.09 Å². The third-order valence-corrected chi connectivity index (χ3v) is 9.04. The Kier molecular flexibility index (Phi) is 9.41. The fourth-order valence-corrected chi connectivity index (χ4v) is 6.41. The summed E-state index contributed by atoms with van der Waals surface area (Å²) in [6, 6.07) is 11.6. The van der Waals surface area contributed by atoms with Crippen LogP contribution in [0.25, 0.3) is 10.9 Å². The first-order valence-corrected chi connectivity index (χ1v) is 15.6. The number of likely N-dealkylation sites (tertiary alicyclic amines) is 1. The summed E-state index contributed by atoms with van der Waals surface area (Å²) < 4.78 is 13.3. The third-order valence-electron chi connectivity index (χ3n) is 9.04. The highest BCUT2D eigenvalue weighted by atomic mass is 16.6. The number of ether oxygens (including phenoxy) is 2. The number of carbonyl (C=O) groups excluding carboxylic acids is 3. The smallest absolute Gasteiger partial charge is 0.418 e. The molecule has 0 radical (unpaired) electrons. The van der Waals surface area contributed by atoms with Gasteiger partial charge in [-0.25, -0.2) is 4.79 Å². The second-order valence-corrected chi connectivity index (χ2v) is 13.1. The van der Waals surface area contributed by atoms with Crippen LogP contribution in [0.5, 0.6) is 11.6 Å². The molecule has 5 rings (SSSR count). The van der Waals surface area contributed by atoms with E-state index in [-0.39, 0.29) is 29.0 Å². The van der Waals surface area contributed by atoms with Crippen LogP contribution < -0.4 is 20.1 Å². The molecular weight excluding hydrogens is 572 g/mol. The molecule has 2 aromatic carbocycles. The fourth-order valence-electron chi connectivity index (χ4n) is 6.41. The predicted octanol–water partition coefficient (Wildman–Crippen LogP) is 4.19. The lowest BCUT2D eigenvalue weighted by atomic mass is 9.85. The van der Waals surface area contributed by atoms with E-state index < -0.39 is 6.09 Å². The molecule has 0 bridgehead atoms. The molecular formula is C34H46N6O5. The van der Waals surface area contributed by atoms with E-state index in [1.54, 1.807) is 13.1 Å². The zero-order chi connectivity index (χ0) is 32.5. The number of carbonyl (C=O) groups is 3. The fraction of sp³-hybridized carbons (Fsp3) is 0.500. The van der Waals surface area contributed by atoms with Gasteiger partial charge in [-0.2, -0.15) is 0 Å². The lowest BCUT2D eigenvalue weighted by Gasteiger charge is -2.37. The van der Waals surface area contributed by atoms with Gasteiger partial charge in [0, 0.05) is 58.3 Å². The van der Waals surface area contributed by atoms with Gasteiger partial charge in [0.15, 0.2) is 5.75 Å². The van der Waals surface area contributed by atoms with Crippen LogP contribution in [-0.2, 0) is 23.8 Å². The molecule has 0 spiro atoms. The Bertz CT molecular complexity index is 1580. The number of methoxy groups -OCH3 is 1. The number of fused-ring (bicyclic) bond motifs is 1. The van der Waals surface area contributed by atoms with Gasteiger partial charge in [0.25, 0.3) is 5.91 Å². The van der Waals surface area contributed by atoms with Crippen LogP contribution in [-0.4, -0.2) is 97.1 Å². The summed E-state index contributed by atoms with van der Waals surface area (Å²) in [5.41, 5.74) is 3.37. The van der Waals surface area contributed by atoms with E-state index in [2.05, 4.69) is 26.5 Å². The molecule has 45 heavy (non-hydrogen) atoms. The number of hydrogen-bond donors (Lipinski definition) is 2. The highest BCUT2D eigenvalue weighted by Crippen LogP contribution is 2.36. The van der Waals surface area contributed by atoms with Crippen molar-refractivity contribution >= 4 is 34.5 Å². The summed E-state index contributed by atoms with van der Waals surface area (Å²) in [6.07, 6.45) is 1.34. The highest BCUT2D eigenvalue weighted by Gasteiger charge is 2.33. The molecule has 2 aliphatic heterocycles. The largest absolute Gasteiger partial charge is 0.494 e. The van der Waals surface area contributed by atoms with E-state index in [1.807, 2.05) is 68.6 Å². The first-order chi connectivity index (χ1) is 21.4. The van der Waals surface area contributed by atoms with E-state index in [0.717, 1.165) is 74.1 Å². The quantitative estimate of drug-likeness (QED) is 0.409. The van der Waals surface area contributed by atoms with E-state index in [4.69, 9.17) is 9.47 Å². The van der Waals surface area contributed by atoms with E-state index >= 15 is 0 Å². The van der Waals surface area contributed by atoms with Crippen LogP contribution in [0.1, 0.15) is 55.1 Å². The van der Waals surface area contributed by atoms with Gasteiger partial charge in [-0.05, 0) is 55.1 Å². The second kappa shape index (κ2) is 13.1. The van der Waals surface area contributed by atoms with Crippen molar-refractivity contribution in [2.24, 2.45) is 7.05 Å². The summed E-state index contributed by atoms with van der Waals surface area (Å²) in [5.74, 6) is 0.594. The van der Waals surface area contributed by atoms with Crippen LogP contribution in [0.15, 0.2) is 36.4 Å². The van der Waals surface area contributed by atoms with Crippen molar-refractivity contribution in [3.8, 4) is 11.6 Å². The highest BCUT2D eigenvalue weighted by molar-refractivity contribution is 6.01. The number of piperazine rings is 1. The van der Waals surface area contributed by atoms with Gasteiger partial charge in [-0.15, -0.1) is 0 Å². The number of amides is 3. The first-order valence-electron chi connectivity index (χ1n) is 15.6. The molecule has 3 amide bonds. The minimum Gasteiger partial charge on any atom is -0.494 e. The lowest BCUT2D eigenvalue weighted by Crippen LogP contribution is -2.52. The Hall–Kier alpha value is -4.09. The molecule has 0 saturated carbocycles. The van der Waals surface area contributed by atoms with Crippen LogP contribution >= 0.6 is 0 Å². The normalized spacial score (nSPS) is 17.8. The van der Waals surface area contributed by atoms with Gasteiger partial charge in [0.05, 0.1) is 29.9 Å². The van der Waals surface area contributed by atoms with Crippen LogP contribution in [0, 0.1) is 0 Å². The standard InChI is InChI=1S/C34H46N6O5/c1-34(2,3)24-19-25(31(41)35-4)30(44-7)26(20-24)36-33(43)45-28-18-22-10-8-11-23(29(22)38(28)6)21-39-14-16-40(17-15-39)32(42)27-12-9-13-37(27)5/h8,10-11,18-20,27H,9,12-17,21H2,1-7H3,(H,35,41)(H,36,43)/t27-/m0/s1. The number of hydrogen-bond acceptors (Lipinski definition) is 7. The molecule has 0 unspecified atom stereocenters. The van der Waals surface area contributed by atoms with Crippen molar-refractivity contribution in [2.75, 3.05) is 59.2 Å². The van der Waals surface area contributed by atoms with Gasteiger partial charge in [0.1, 0.15) is 0 Å². The molecule has 11 nitrogen and oxygen atoms in total. The minimum atomic E-state index is -0.691. The third kappa shape index (κ3) is 6.79. The Balaban J connectivity index is 1.30. The molecule has 1 atom stereocenters. The van der Waals surface area contributed by atoms with Crippen LogP contribution in [0.3, 0.4) is 0 Å². The number of rotatable bonds is 7. The molecule has 1 aromatic heterocycles. The summed E-state index contributed by atoms with van der Waals surface area (Å²) >= 11 is 0. The Labute approximate surface area is 265 Å². The molecule has 3 aromatic rings. The number of likely N-dealkylation sites (N-methyl/N-ethyl adjacent to an activating group) is 1. The summed E-state index contributed by atoms with van der Waals surface area (Å²) in [4.78, 5) is 45.5. The lowest BCUT2D eigenvalue weighted by molar-refractivity contribution is -0.137. The minimum absolute atomic E-state index is 0.0192. The Morgan fingerprint density at radius 1 is 1.00 bits per heavy atom. The van der Waals surface area contributed by atoms with E-state index in [1.165, 1.54) is 7.11 Å². The molecule has 3 heterocycles. The van der Waals surface area contributed by atoms with Gasteiger partial charge < -0.3 is 24.3 Å². The van der Waals surface area contributed by atoms with E-state index in [0.29, 0.717) is 17.1 Å². The summed E-state index contributed by atoms with van der Waals surface area (Å²) in [5, 5.41) is 6.41. The molecule has 0 aliphatic carbocycles. The maximum Gasteiger partial charge on any atom is 0.418 e. The van der Waals surface area contributed by atoms with Gasteiger partial charge in [-0.3, -0.25) is 24.7 Å². The number of nitrogens with one attached hydrogen (secondary N) is 2. The maximum absolute atomic E-state index is 13.2. The maximum atomic E-state index is 13.2. The van der Waals surface area contributed by atoms with Crippen molar-refractivity contribution in [3.05, 3.63) is 53.1 Å². The van der Waals surface area contributed by atoms with Gasteiger partial charge in [-0.1, -0.05) is 39.0 Å². The number of aryl methyl sites for hydroxylation is 1. The predicted molar refractivity (Wildman–Crippen MR) is 175 cm³/mol. The topological polar surface area (TPSA) is 108 Å². The first kappa shape index (κ1) is 32.3. The summed E-state index contributed by atoms with van der Waals surface area (Å²) in [7, 11) is 6.94. The zero-order valence-electron chi connectivity index (χ0n) is 27.5. The van der Waals surface area contributed by atoms with Crippen molar-refractivity contribution < 1.29 is 23.9 Å². The average molecular weight is 619 g/mol. The zero-order valence-corrected chi connectivity index (χ0v) is 27.5. The second-order valence-electron chi connectivity index (χ2n) is 13.1. The average Bonchev–Trinajstić information content (AvgIpc) is 3.58.